The maximum Gasteiger partial charge on any atom is 0.344 e. The van der Waals surface area contributed by atoms with E-state index in [4.69, 9.17) is 9.47 Å². The Kier molecular flexibility index (Phi) is 5.92. The summed E-state index contributed by atoms with van der Waals surface area (Å²) in [5.74, 6) is -0.0120. The number of nitro benzene ring substituents is 1. The number of hydrogen-bond donors (Lipinski definition) is 0. The largest absolute Gasteiger partial charge is 0.481 e. The second-order valence-corrected chi connectivity index (χ2v) is 6.06. The summed E-state index contributed by atoms with van der Waals surface area (Å²) in [5.41, 5.74) is 1.57. The van der Waals surface area contributed by atoms with Crippen LogP contribution >= 0.6 is 15.9 Å². The second-order valence-electron chi connectivity index (χ2n) is 5.21. The highest BCUT2D eigenvalue weighted by molar-refractivity contribution is 9.10. The third-order valence-corrected chi connectivity index (χ3v) is 3.91. The molecule has 0 aliphatic rings. The van der Waals surface area contributed by atoms with E-state index in [1.807, 2.05) is 19.1 Å². The molecule has 7 heteroatoms. The standard InChI is InChI=1S/C17H16BrNO5/c1-11-6-7-16(15(18)8-11)23-10-17(20)24-12(2)13-4-3-5-14(9-13)19(21)22/h3-9,12H,10H2,1-2H3/t12-/m0/s1. The molecule has 0 aromatic heterocycles. The van der Waals surface area contributed by atoms with Crippen LogP contribution in [0, 0.1) is 17.0 Å². The number of benzene rings is 2. The number of ether oxygens (including phenoxy) is 2. The van der Waals surface area contributed by atoms with Gasteiger partial charge in [-0.15, -0.1) is 0 Å². The molecule has 0 unspecified atom stereocenters. The van der Waals surface area contributed by atoms with Crippen LogP contribution in [-0.2, 0) is 9.53 Å². The fourth-order valence-corrected chi connectivity index (χ4v) is 2.66. The summed E-state index contributed by atoms with van der Waals surface area (Å²) in [4.78, 5) is 22.2. The summed E-state index contributed by atoms with van der Waals surface area (Å²) in [6.07, 6.45) is -0.609. The highest BCUT2D eigenvalue weighted by atomic mass is 79.9. The number of aryl methyl sites for hydroxylation is 1. The Morgan fingerprint density at radius 1 is 1.29 bits per heavy atom. The van der Waals surface area contributed by atoms with Crippen LogP contribution in [-0.4, -0.2) is 17.5 Å². The molecule has 1 atom stereocenters. The molecule has 0 heterocycles. The first-order chi connectivity index (χ1) is 11.4. The van der Waals surface area contributed by atoms with Gasteiger partial charge in [0.1, 0.15) is 11.9 Å². The number of carbonyl (C=O) groups excluding carboxylic acids is 1. The predicted octanol–water partition coefficient (Wildman–Crippen LogP) is 4.35. The van der Waals surface area contributed by atoms with Crippen molar-refractivity contribution in [3.05, 3.63) is 68.2 Å². The number of nitrogens with zero attached hydrogens (tertiary/aromatic N) is 1. The summed E-state index contributed by atoms with van der Waals surface area (Å²) in [5, 5.41) is 10.8. The maximum atomic E-state index is 11.9. The van der Waals surface area contributed by atoms with Crippen LogP contribution in [0.5, 0.6) is 5.75 Å². The third kappa shape index (κ3) is 4.79. The SMILES string of the molecule is Cc1ccc(OCC(=O)O[C@@H](C)c2cccc([N+](=O)[O-])c2)c(Br)c1. The van der Waals surface area contributed by atoms with Crippen molar-refractivity contribution in [1.29, 1.82) is 0 Å². The van der Waals surface area contributed by atoms with E-state index >= 15 is 0 Å². The Balaban J connectivity index is 1.94. The zero-order valence-corrected chi connectivity index (χ0v) is 14.8. The lowest BCUT2D eigenvalue weighted by molar-refractivity contribution is -0.385. The fraction of sp³-hybridized carbons (Fsp3) is 0.235. The molecule has 0 amide bonds. The van der Waals surface area contributed by atoms with Crippen molar-refractivity contribution in [2.75, 3.05) is 6.61 Å². The van der Waals surface area contributed by atoms with Gasteiger partial charge in [-0.1, -0.05) is 18.2 Å². The van der Waals surface area contributed by atoms with Gasteiger partial charge in [-0.05, 0) is 53.0 Å². The lowest BCUT2D eigenvalue weighted by Gasteiger charge is -2.14. The summed E-state index contributed by atoms with van der Waals surface area (Å²) in [6.45, 7) is 3.35. The van der Waals surface area contributed by atoms with Gasteiger partial charge in [0.05, 0.1) is 9.40 Å². The third-order valence-electron chi connectivity index (χ3n) is 3.29. The normalized spacial score (nSPS) is 11.6. The van der Waals surface area contributed by atoms with Crippen LogP contribution in [0.3, 0.4) is 0 Å². The number of halogens is 1. The van der Waals surface area contributed by atoms with Crippen molar-refractivity contribution < 1.29 is 19.2 Å². The van der Waals surface area contributed by atoms with Crippen molar-refractivity contribution in [2.45, 2.75) is 20.0 Å². The average molecular weight is 394 g/mol. The van der Waals surface area contributed by atoms with Crippen LogP contribution in [0.2, 0.25) is 0 Å². The number of rotatable bonds is 6. The van der Waals surface area contributed by atoms with E-state index in [2.05, 4.69) is 15.9 Å². The van der Waals surface area contributed by atoms with E-state index in [0.29, 0.717) is 11.3 Å². The highest BCUT2D eigenvalue weighted by Gasteiger charge is 2.15. The topological polar surface area (TPSA) is 78.7 Å². The molecule has 0 radical (unpaired) electrons. The Labute approximate surface area is 147 Å². The number of carbonyl (C=O) groups is 1. The fourth-order valence-electron chi connectivity index (χ4n) is 2.05. The van der Waals surface area contributed by atoms with E-state index in [1.165, 1.54) is 12.1 Å². The van der Waals surface area contributed by atoms with E-state index in [-0.39, 0.29) is 12.3 Å². The molecule has 2 aromatic rings. The number of esters is 1. The quantitative estimate of drug-likeness (QED) is 0.414. The molecule has 24 heavy (non-hydrogen) atoms. The molecular formula is C17H16BrNO5. The monoisotopic (exact) mass is 393 g/mol. The molecular weight excluding hydrogens is 378 g/mol. The molecule has 0 aliphatic heterocycles. The Hall–Kier alpha value is -2.41. The highest BCUT2D eigenvalue weighted by Crippen LogP contribution is 2.26. The number of hydrogen-bond acceptors (Lipinski definition) is 5. The van der Waals surface area contributed by atoms with Crippen LogP contribution in [0.4, 0.5) is 5.69 Å². The van der Waals surface area contributed by atoms with Crippen LogP contribution < -0.4 is 4.74 Å². The number of non-ortho nitro benzene ring substituents is 1. The molecule has 0 aliphatic carbocycles. The Morgan fingerprint density at radius 3 is 2.71 bits per heavy atom. The van der Waals surface area contributed by atoms with Crippen molar-refractivity contribution in [3.8, 4) is 5.75 Å². The van der Waals surface area contributed by atoms with Gasteiger partial charge in [-0.2, -0.15) is 0 Å². The van der Waals surface area contributed by atoms with Crippen LogP contribution in [0.15, 0.2) is 46.9 Å². The molecule has 0 bridgehead atoms. The lowest BCUT2D eigenvalue weighted by atomic mass is 10.1. The van der Waals surface area contributed by atoms with Crippen molar-refractivity contribution in [1.82, 2.24) is 0 Å². The van der Waals surface area contributed by atoms with E-state index in [1.54, 1.807) is 25.1 Å². The van der Waals surface area contributed by atoms with Gasteiger partial charge in [-0.25, -0.2) is 4.79 Å². The molecule has 0 spiro atoms. The smallest absolute Gasteiger partial charge is 0.344 e. The van der Waals surface area contributed by atoms with Gasteiger partial charge in [0.2, 0.25) is 0 Å². The summed E-state index contributed by atoms with van der Waals surface area (Å²) in [6, 6.07) is 11.5. The maximum absolute atomic E-state index is 11.9. The van der Waals surface area contributed by atoms with Crippen molar-refractivity contribution in [2.24, 2.45) is 0 Å². The molecule has 0 saturated carbocycles. The van der Waals surface area contributed by atoms with Gasteiger partial charge < -0.3 is 9.47 Å². The lowest BCUT2D eigenvalue weighted by Crippen LogP contribution is -2.17. The van der Waals surface area contributed by atoms with Gasteiger partial charge in [0.15, 0.2) is 6.61 Å². The Bertz CT molecular complexity index is 762. The minimum absolute atomic E-state index is 0.0461. The van der Waals surface area contributed by atoms with E-state index in [0.717, 1.165) is 10.0 Å². The Morgan fingerprint density at radius 2 is 2.04 bits per heavy atom. The zero-order chi connectivity index (χ0) is 17.7. The molecule has 0 N–H and O–H groups in total. The number of nitro groups is 1. The summed E-state index contributed by atoms with van der Waals surface area (Å²) in [7, 11) is 0. The minimum atomic E-state index is -0.609. The molecule has 0 fully saturated rings. The van der Waals surface area contributed by atoms with E-state index in [9.17, 15) is 14.9 Å². The first-order valence-electron chi connectivity index (χ1n) is 7.19. The predicted molar refractivity (Wildman–Crippen MR) is 92.0 cm³/mol. The van der Waals surface area contributed by atoms with Gasteiger partial charge in [0, 0.05) is 12.1 Å². The summed E-state index contributed by atoms with van der Waals surface area (Å²) < 4.78 is 11.4. The van der Waals surface area contributed by atoms with Crippen LogP contribution in [0.25, 0.3) is 0 Å². The van der Waals surface area contributed by atoms with Gasteiger partial charge in [-0.3, -0.25) is 10.1 Å². The van der Waals surface area contributed by atoms with Gasteiger partial charge >= 0.3 is 5.97 Å². The average Bonchev–Trinajstić information content (AvgIpc) is 2.54. The van der Waals surface area contributed by atoms with Crippen LogP contribution in [0.1, 0.15) is 24.2 Å². The van der Waals surface area contributed by atoms with Gasteiger partial charge in [0.25, 0.3) is 5.69 Å². The molecule has 2 aromatic carbocycles. The first-order valence-corrected chi connectivity index (χ1v) is 7.99. The molecule has 6 nitrogen and oxygen atoms in total. The molecule has 126 valence electrons. The van der Waals surface area contributed by atoms with Crippen molar-refractivity contribution >= 4 is 27.6 Å². The zero-order valence-electron chi connectivity index (χ0n) is 13.2. The van der Waals surface area contributed by atoms with E-state index < -0.39 is 17.0 Å². The minimum Gasteiger partial charge on any atom is -0.481 e. The first kappa shape index (κ1) is 17.9. The second kappa shape index (κ2) is 7.92. The summed E-state index contributed by atoms with van der Waals surface area (Å²) >= 11 is 3.37. The molecule has 2 rings (SSSR count). The van der Waals surface area contributed by atoms with Crippen molar-refractivity contribution in [3.63, 3.8) is 0 Å². The molecule has 0 saturated heterocycles.